The Balaban J connectivity index is 0.953. The van der Waals surface area contributed by atoms with Gasteiger partial charge >= 0.3 is 0 Å². The molecule has 2 aliphatic carbocycles. The predicted molar refractivity (Wildman–Crippen MR) is 348 cm³/mol. The Kier molecular flexibility index (Phi) is 12.1. The number of hydrogen-bond donors (Lipinski definition) is 0. The van der Waals surface area contributed by atoms with Crippen molar-refractivity contribution in [1.82, 2.24) is 0 Å². The molecule has 0 aromatic heterocycles. The monoisotopic (exact) mass is 1080 g/mol. The summed E-state index contributed by atoms with van der Waals surface area (Å²) in [5.41, 5.74) is 23.5. The maximum Gasteiger partial charge on any atom is 0.132 e. The second kappa shape index (κ2) is 19.9. The first kappa shape index (κ1) is 51.0. The van der Waals surface area contributed by atoms with Crippen molar-refractivity contribution in [2.75, 3.05) is 9.80 Å². The van der Waals surface area contributed by atoms with Gasteiger partial charge < -0.3 is 19.3 Å². The van der Waals surface area contributed by atoms with Crippen molar-refractivity contribution in [3.63, 3.8) is 0 Å². The zero-order valence-corrected chi connectivity index (χ0v) is 48.1. The SMILES string of the molecule is CC1/C=C\C=C/CC2(c3ccccc3Oc3ccc(N(c4ccc(-c5ccccc5)cc4)c4ccc5c(c4)C(C)(C)c4ccccc4-5)cc32)c2cc(N(c3ccc(-c4ccccc4)cc3)c3ccc4c(c3)C(C)(C)c3ccccc3-4)ccc2O1. The quantitative estimate of drug-likeness (QED) is 0.151. The molecule has 84 heavy (non-hydrogen) atoms. The van der Waals surface area contributed by atoms with Gasteiger partial charge in [-0.15, -0.1) is 0 Å². The summed E-state index contributed by atoms with van der Waals surface area (Å²) < 4.78 is 14.4. The van der Waals surface area contributed by atoms with Crippen molar-refractivity contribution in [3.05, 3.63) is 318 Å². The number of rotatable bonds is 8. The lowest BCUT2D eigenvalue weighted by Crippen LogP contribution is -2.34. The lowest BCUT2D eigenvalue weighted by molar-refractivity contribution is 0.263. The molecule has 0 saturated heterocycles. The van der Waals surface area contributed by atoms with Gasteiger partial charge in [-0.05, 0) is 177 Å². The highest BCUT2D eigenvalue weighted by Crippen LogP contribution is 2.59. The van der Waals surface area contributed by atoms with Crippen LogP contribution in [-0.4, -0.2) is 6.10 Å². The van der Waals surface area contributed by atoms with Gasteiger partial charge in [0, 0.05) is 61.6 Å². The summed E-state index contributed by atoms with van der Waals surface area (Å²) in [5.74, 6) is 2.45. The Morgan fingerprint density at radius 3 is 1.24 bits per heavy atom. The van der Waals surface area contributed by atoms with E-state index in [1.165, 1.54) is 55.6 Å². The fourth-order valence-corrected chi connectivity index (χ4v) is 14.2. The van der Waals surface area contributed by atoms with E-state index in [2.05, 4.69) is 324 Å². The number of hydrogen-bond acceptors (Lipinski definition) is 4. The molecule has 15 rings (SSSR count). The number of benzene rings is 11. The van der Waals surface area contributed by atoms with Crippen molar-refractivity contribution in [2.45, 2.75) is 63.4 Å². The number of ether oxygens (including phenoxy) is 2. The van der Waals surface area contributed by atoms with E-state index in [0.717, 1.165) is 79.2 Å². The standard InChI is InChI=1S/C80H64N2O2/c1-53-21-9-8-20-48-80(73-51-62(42-46-76(73)83-53)81(58-36-32-56(33-37-58)54-22-10-6-11-23-54)60-40-44-66-64-26-14-16-28-68(64)78(2,3)71(66)49-60)70-30-18-19-31-75(70)84-77-47-43-63(52-74(77)80)82(59-38-34-57(35-39-59)55-24-12-7-13-25-55)61-41-45-67-65-27-15-17-29-69(65)79(4,5)72(67)50-61/h6-47,49-53H,48H2,1-5H3/b20-8-,21-9-. The van der Waals surface area contributed by atoms with Gasteiger partial charge in [0.2, 0.25) is 0 Å². The van der Waals surface area contributed by atoms with Crippen LogP contribution in [0.15, 0.2) is 279 Å². The van der Waals surface area contributed by atoms with Gasteiger partial charge in [0.1, 0.15) is 23.4 Å². The summed E-state index contributed by atoms with van der Waals surface area (Å²) in [4.78, 5) is 4.88. The van der Waals surface area contributed by atoms with E-state index in [1.54, 1.807) is 0 Å². The van der Waals surface area contributed by atoms with E-state index >= 15 is 0 Å². The largest absolute Gasteiger partial charge is 0.486 e. The van der Waals surface area contributed by atoms with E-state index < -0.39 is 5.41 Å². The first-order valence-electron chi connectivity index (χ1n) is 29.5. The normalized spacial score (nSPS) is 17.8. The van der Waals surface area contributed by atoms with Crippen LogP contribution in [0, 0.1) is 0 Å². The summed E-state index contributed by atoms with van der Waals surface area (Å²) in [5, 5.41) is 0. The molecule has 2 heterocycles. The molecule has 2 aliphatic heterocycles. The number of para-hydroxylation sites is 1. The molecular weight excluding hydrogens is 1020 g/mol. The summed E-state index contributed by atoms with van der Waals surface area (Å²) in [6.07, 6.45) is 9.19. The summed E-state index contributed by atoms with van der Waals surface area (Å²) in [6, 6.07) is 93.6. The molecule has 11 aromatic carbocycles. The number of allylic oxidation sites excluding steroid dienone is 3. The zero-order chi connectivity index (χ0) is 56.7. The molecule has 1 spiro atoms. The third-order valence-electron chi connectivity index (χ3n) is 18.4. The highest BCUT2D eigenvalue weighted by molar-refractivity contribution is 5.89. The zero-order valence-electron chi connectivity index (χ0n) is 48.1. The van der Waals surface area contributed by atoms with Gasteiger partial charge in [0.05, 0.1) is 5.41 Å². The fourth-order valence-electron chi connectivity index (χ4n) is 14.2. The molecule has 0 amide bonds. The van der Waals surface area contributed by atoms with Crippen LogP contribution < -0.4 is 19.3 Å². The van der Waals surface area contributed by atoms with Crippen LogP contribution in [-0.2, 0) is 16.2 Å². The van der Waals surface area contributed by atoms with Gasteiger partial charge in [0.15, 0.2) is 0 Å². The molecular formula is C80H64N2O2. The van der Waals surface area contributed by atoms with Gasteiger partial charge in [-0.25, -0.2) is 0 Å². The summed E-state index contributed by atoms with van der Waals surface area (Å²) in [6.45, 7) is 11.6. The molecule has 0 saturated carbocycles. The van der Waals surface area contributed by atoms with Crippen molar-refractivity contribution in [1.29, 1.82) is 0 Å². The van der Waals surface area contributed by atoms with Crippen LogP contribution in [0.5, 0.6) is 17.2 Å². The maximum atomic E-state index is 7.23. The maximum absolute atomic E-state index is 7.23. The molecule has 0 radical (unpaired) electrons. The van der Waals surface area contributed by atoms with Crippen molar-refractivity contribution in [3.8, 4) is 61.8 Å². The van der Waals surface area contributed by atoms with Crippen LogP contribution in [0.3, 0.4) is 0 Å². The molecule has 2 atom stereocenters. The van der Waals surface area contributed by atoms with Crippen molar-refractivity contribution in [2.24, 2.45) is 0 Å². The van der Waals surface area contributed by atoms with Gasteiger partial charge in [-0.3, -0.25) is 0 Å². The molecule has 406 valence electrons. The van der Waals surface area contributed by atoms with E-state index in [9.17, 15) is 0 Å². The van der Waals surface area contributed by atoms with Crippen LogP contribution in [0.2, 0.25) is 0 Å². The second-order valence-corrected chi connectivity index (χ2v) is 24.0. The topological polar surface area (TPSA) is 24.9 Å². The van der Waals surface area contributed by atoms with Gasteiger partial charge in [-0.1, -0.05) is 210 Å². The van der Waals surface area contributed by atoms with E-state index in [-0.39, 0.29) is 16.9 Å². The molecule has 0 bridgehead atoms. The summed E-state index contributed by atoms with van der Waals surface area (Å²) >= 11 is 0. The van der Waals surface area contributed by atoms with Crippen molar-refractivity contribution < 1.29 is 9.47 Å². The van der Waals surface area contributed by atoms with Crippen LogP contribution in [0.25, 0.3) is 44.5 Å². The fraction of sp³-hybridized carbons (Fsp3) is 0.125. The predicted octanol–water partition coefficient (Wildman–Crippen LogP) is 21.3. The van der Waals surface area contributed by atoms with E-state index in [1.807, 2.05) is 0 Å². The Labute approximate surface area is 493 Å². The molecule has 0 N–H and O–H groups in total. The van der Waals surface area contributed by atoms with E-state index in [4.69, 9.17) is 9.47 Å². The third-order valence-corrected chi connectivity index (χ3v) is 18.4. The van der Waals surface area contributed by atoms with Gasteiger partial charge in [-0.2, -0.15) is 0 Å². The first-order valence-corrected chi connectivity index (χ1v) is 29.5. The first-order chi connectivity index (χ1) is 41.0. The van der Waals surface area contributed by atoms with Gasteiger partial charge in [0.25, 0.3) is 0 Å². The van der Waals surface area contributed by atoms with E-state index in [0.29, 0.717) is 6.42 Å². The molecule has 2 unspecified atom stereocenters. The number of fused-ring (bicyclic) bond motifs is 12. The molecule has 4 aliphatic rings. The lowest BCUT2D eigenvalue weighted by atomic mass is 9.65. The average Bonchev–Trinajstić information content (AvgIpc) is 1.09. The average molecular weight is 1090 g/mol. The Morgan fingerprint density at radius 2 is 0.714 bits per heavy atom. The Morgan fingerprint density at radius 1 is 0.333 bits per heavy atom. The Bertz CT molecular complexity index is 4420. The Hall–Kier alpha value is -9.90. The number of anilines is 6. The highest BCUT2D eigenvalue weighted by Gasteiger charge is 2.46. The van der Waals surface area contributed by atoms with Crippen LogP contribution in [0.4, 0.5) is 34.1 Å². The minimum absolute atomic E-state index is 0.198. The molecule has 0 fully saturated rings. The number of nitrogens with zero attached hydrogens (tertiary/aromatic N) is 2. The molecule has 4 heteroatoms. The second-order valence-electron chi connectivity index (χ2n) is 24.0. The van der Waals surface area contributed by atoms with Crippen LogP contribution >= 0.6 is 0 Å². The highest BCUT2D eigenvalue weighted by atomic mass is 16.5. The smallest absolute Gasteiger partial charge is 0.132 e. The minimum atomic E-state index is -0.818. The molecule has 11 aromatic rings. The van der Waals surface area contributed by atoms with Crippen molar-refractivity contribution >= 4 is 34.1 Å². The third kappa shape index (κ3) is 8.26. The van der Waals surface area contributed by atoms with Crippen LogP contribution in [0.1, 0.15) is 80.0 Å². The lowest BCUT2D eigenvalue weighted by Gasteiger charge is -2.42. The minimum Gasteiger partial charge on any atom is -0.486 e. The molecule has 4 nitrogen and oxygen atoms in total. The summed E-state index contributed by atoms with van der Waals surface area (Å²) in [7, 11) is 0.